The van der Waals surface area contributed by atoms with Crippen LogP contribution in [0, 0.1) is 9.39 Å². The molecular formula is C23H22FIN2O3. The van der Waals surface area contributed by atoms with Crippen molar-refractivity contribution in [2.24, 2.45) is 0 Å². The van der Waals surface area contributed by atoms with Crippen molar-refractivity contribution in [3.63, 3.8) is 0 Å². The van der Waals surface area contributed by atoms with Gasteiger partial charge in [0.15, 0.2) is 0 Å². The molecule has 1 aliphatic rings. The number of nitrogens with zero attached hydrogens (tertiary/aromatic N) is 1. The average Bonchev–Trinajstić information content (AvgIpc) is 2.98. The van der Waals surface area contributed by atoms with Crippen molar-refractivity contribution in [1.29, 1.82) is 0 Å². The lowest BCUT2D eigenvalue weighted by Crippen LogP contribution is -2.39. The van der Waals surface area contributed by atoms with Gasteiger partial charge in [0.2, 0.25) is 5.91 Å². The summed E-state index contributed by atoms with van der Waals surface area (Å²) >= 11 is 2.26. The first-order chi connectivity index (χ1) is 14.4. The highest BCUT2D eigenvalue weighted by molar-refractivity contribution is 14.1. The number of carboxylic acid groups (broad SMARTS) is 1. The first-order valence-electron chi connectivity index (χ1n) is 9.96. The predicted molar refractivity (Wildman–Crippen MR) is 121 cm³/mol. The highest BCUT2D eigenvalue weighted by Gasteiger charge is 2.27. The number of aliphatic carboxylic acids is 1. The minimum atomic E-state index is -0.926. The van der Waals surface area contributed by atoms with E-state index in [9.17, 15) is 19.1 Å². The summed E-state index contributed by atoms with van der Waals surface area (Å²) in [5.41, 5.74) is 3.74. The van der Waals surface area contributed by atoms with Gasteiger partial charge in [-0.15, -0.1) is 0 Å². The number of hydrogen-bond donors (Lipinski definition) is 2. The number of aryl methyl sites for hydroxylation is 1. The van der Waals surface area contributed by atoms with E-state index >= 15 is 0 Å². The Hall–Kier alpha value is -2.42. The number of halogens is 2. The molecule has 1 atom stereocenters. The number of carbonyl (C=O) groups is 2. The molecule has 1 amide bonds. The fourth-order valence-corrected chi connectivity index (χ4v) is 4.92. The molecule has 30 heavy (non-hydrogen) atoms. The lowest BCUT2D eigenvalue weighted by molar-refractivity contribution is -0.137. The van der Waals surface area contributed by atoms with E-state index in [0.717, 1.165) is 37.7 Å². The van der Waals surface area contributed by atoms with Gasteiger partial charge in [-0.1, -0.05) is 12.1 Å². The van der Waals surface area contributed by atoms with E-state index in [-0.39, 0.29) is 24.3 Å². The first-order valence-corrected chi connectivity index (χ1v) is 11.0. The number of rotatable bonds is 6. The second kappa shape index (κ2) is 8.75. The largest absolute Gasteiger partial charge is 0.480 e. The van der Waals surface area contributed by atoms with Crippen LogP contribution in [-0.4, -0.2) is 27.6 Å². The van der Waals surface area contributed by atoms with Crippen LogP contribution < -0.4 is 5.32 Å². The van der Waals surface area contributed by atoms with Gasteiger partial charge < -0.3 is 15.0 Å². The Kier molecular flexibility index (Phi) is 6.08. The molecule has 0 bridgehead atoms. The Balaban J connectivity index is 1.49. The van der Waals surface area contributed by atoms with Crippen molar-refractivity contribution >= 4 is 45.4 Å². The van der Waals surface area contributed by atoms with Gasteiger partial charge in [-0.2, -0.15) is 0 Å². The normalized spacial score (nSPS) is 15.7. The minimum Gasteiger partial charge on any atom is -0.480 e. The molecule has 2 N–H and O–H groups in total. The number of nitrogens with one attached hydrogen (secondary N) is 1. The molecule has 1 heterocycles. The number of benzene rings is 2. The zero-order valence-electron chi connectivity index (χ0n) is 16.3. The summed E-state index contributed by atoms with van der Waals surface area (Å²) in [5, 5.41) is 13.1. The number of amides is 1. The van der Waals surface area contributed by atoms with Crippen LogP contribution in [-0.2, 0) is 35.4 Å². The van der Waals surface area contributed by atoms with E-state index < -0.39 is 5.97 Å². The van der Waals surface area contributed by atoms with Gasteiger partial charge in [0.1, 0.15) is 12.4 Å². The molecule has 7 heteroatoms. The van der Waals surface area contributed by atoms with Crippen molar-refractivity contribution < 1.29 is 19.1 Å². The van der Waals surface area contributed by atoms with Crippen LogP contribution in [0.25, 0.3) is 10.9 Å². The molecule has 0 saturated heterocycles. The number of fused-ring (bicyclic) bond motifs is 3. The predicted octanol–water partition coefficient (Wildman–Crippen LogP) is 4.08. The van der Waals surface area contributed by atoms with Gasteiger partial charge in [-0.05, 0) is 89.7 Å². The number of carboxylic acids is 1. The van der Waals surface area contributed by atoms with E-state index in [4.69, 9.17) is 0 Å². The number of aromatic nitrogens is 1. The van der Waals surface area contributed by atoms with E-state index in [1.807, 2.05) is 18.2 Å². The summed E-state index contributed by atoms with van der Waals surface area (Å²) in [6.07, 6.45) is 3.07. The third kappa shape index (κ3) is 4.50. The Bertz CT molecular complexity index is 1130. The first kappa shape index (κ1) is 20.8. The van der Waals surface area contributed by atoms with Gasteiger partial charge in [-0.3, -0.25) is 9.59 Å². The third-order valence-corrected chi connectivity index (χ3v) is 6.29. The summed E-state index contributed by atoms with van der Waals surface area (Å²) in [6, 6.07) is 12.5. The maximum atomic E-state index is 13.9. The van der Waals surface area contributed by atoms with Gasteiger partial charge in [0.05, 0.1) is 0 Å². The van der Waals surface area contributed by atoms with Crippen LogP contribution in [0.3, 0.4) is 0 Å². The molecule has 4 rings (SSSR count). The maximum Gasteiger partial charge on any atom is 0.323 e. The van der Waals surface area contributed by atoms with Gasteiger partial charge in [0, 0.05) is 32.6 Å². The lowest BCUT2D eigenvalue weighted by Gasteiger charge is -2.25. The lowest BCUT2D eigenvalue weighted by atomic mass is 9.91. The van der Waals surface area contributed by atoms with E-state index in [0.29, 0.717) is 25.7 Å². The smallest absolute Gasteiger partial charge is 0.323 e. The zero-order chi connectivity index (χ0) is 21.3. The van der Waals surface area contributed by atoms with Gasteiger partial charge >= 0.3 is 5.97 Å². The Labute approximate surface area is 187 Å². The van der Waals surface area contributed by atoms with Crippen LogP contribution in [0.15, 0.2) is 42.5 Å². The third-order valence-electron chi connectivity index (χ3n) is 5.62. The van der Waals surface area contributed by atoms with Crippen molar-refractivity contribution in [1.82, 2.24) is 9.88 Å². The van der Waals surface area contributed by atoms with Crippen LogP contribution in [0.1, 0.15) is 29.7 Å². The summed E-state index contributed by atoms with van der Waals surface area (Å²) < 4.78 is 16.8. The fraction of sp³-hybridized carbons (Fsp3) is 0.304. The van der Waals surface area contributed by atoms with E-state index in [1.165, 1.54) is 12.1 Å². The Morgan fingerprint density at radius 2 is 2.07 bits per heavy atom. The second-order valence-electron chi connectivity index (χ2n) is 7.70. The van der Waals surface area contributed by atoms with E-state index in [2.05, 4.69) is 34.0 Å². The molecule has 2 aromatic carbocycles. The average molecular weight is 520 g/mol. The van der Waals surface area contributed by atoms with Gasteiger partial charge in [-0.25, -0.2) is 4.39 Å². The quantitative estimate of drug-likeness (QED) is 0.482. The second-order valence-corrected chi connectivity index (χ2v) is 8.95. The standard InChI is InChI=1S/C23H22FIN2O3/c24-15-5-7-20-18(11-15)19-12-17(6-8-21(19)27(20)13-23(29)30)26-22(28)9-4-14-2-1-3-16(25)10-14/h1-3,5,7,10-11,17H,4,6,8-9,12-13H2,(H,26,28)(H,29,30)/t17-/m0/s1. The summed E-state index contributed by atoms with van der Waals surface area (Å²) in [5.74, 6) is -1.27. The van der Waals surface area contributed by atoms with Crippen LogP contribution in [0.5, 0.6) is 0 Å². The Morgan fingerprint density at radius 1 is 1.23 bits per heavy atom. The molecule has 1 aliphatic carbocycles. The Morgan fingerprint density at radius 3 is 2.83 bits per heavy atom. The molecule has 5 nitrogen and oxygen atoms in total. The summed E-state index contributed by atoms with van der Waals surface area (Å²) in [4.78, 5) is 23.8. The van der Waals surface area contributed by atoms with Crippen molar-refractivity contribution in [3.05, 3.63) is 68.7 Å². The van der Waals surface area contributed by atoms with Crippen molar-refractivity contribution in [2.75, 3.05) is 0 Å². The molecule has 3 aromatic rings. The number of carbonyl (C=O) groups excluding carboxylic acids is 1. The molecule has 0 fully saturated rings. The minimum absolute atomic E-state index is 0.00256. The highest BCUT2D eigenvalue weighted by Crippen LogP contribution is 2.33. The maximum absolute atomic E-state index is 13.9. The van der Waals surface area contributed by atoms with Crippen molar-refractivity contribution in [3.8, 4) is 0 Å². The van der Waals surface area contributed by atoms with Crippen molar-refractivity contribution in [2.45, 2.75) is 44.7 Å². The zero-order valence-corrected chi connectivity index (χ0v) is 18.5. The van der Waals surface area contributed by atoms with Crippen LogP contribution in [0.4, 0.5) is 4.39 Å². The van der Waals surface area contributed by atoms with Gasteiger partial charge in [0.25, 0.3) is 0 Å². The topological polar surface area (TPSA) is 71.3 Å². The summed E-state index contributed by atoms with van der Waals surface area (Å²) in [7, 11) is 0. The fourth-order valence-electron chi connectivity index (χ4n) is 4.31. The van der Waals surface area contributed by atoms with Crippen LogP contribution in [0.2, 0.25) is 0 Å². The van der Waals surface area contributed by atoms with Crippen LogP contribution >= 0.6 is 22.6 Å². The van der Waals surface area contributed by atoms with E-state index in [1.54, 1.807) is 10.6 Å². The summed E-state index contributed by atoms with van der Waals surface area (Å²) in [6.45, 7) is -0.148. The molecule has 1 aromatic heterocycles. The molecule has 0 radical (unpaired) electrons. The molecule has 0 spiro atoms. The molecular weight excluding hydrogens is 498 g/mol. The highest BCUT2D eigenvalue weighted by atomic mass is 127. The molecule has 0 saturated carbocycles. The molecule has 0 aliphatic heterocycles. The number of hydrogen-bond acceptors (Lipinski definition) is 2. The monoisotopic (exact) mass is 520 g/mol. The molecule has 156 valence electrons. The molecule has 0 unspecified atom stereocenters. The SMILES string of the molecule is O=C(O)Cn1c2c(c3cc(F)ccc31)C[C@@H](NC(=O)CCc1cccc(I)c1)CC2.